The van der Waals surface area contributed by atoms with Crippen LogP contribution in [0.1, 0.15) is 23.6 Å². The summed E-state index contributed by atoms with van der Waals surface area (Å²) in [4.78, 5) is 28.3. The van der Waals surface area contributed by atoms with Crippen LogP contribution in [0, 0.1) is 0 Å². The molecular formula is C27H27Cl3N2O2S. The monoisotopic (exact) mass is 548 g/mol. The van der Waals surface area contributed by atoms with Crippen molar-refractivity contribution in [1.29, 1.82) is 0 Å². The van der Waals surface area contributed by atoms with Gasteiger partial charge in [0, 0.05) is 30.3 Å². The lowest BCUT2D eigenvalue weighted by Gasteiger charge is -2.31. The van der Waals surface area contributed by atoms with Crippen LogP contribution < -0.4 is 5.32 Å². The van der Waals surface area contributed by atoms with E-state index in [1.807, 2.05) is 55.5 Å². The van der Waals surface area contributed by atoms with Gasteiger partial charge in [0.1, 0.15) is 6.04 Å². The smallest absolute Gasteiger partial charge is 0.243 e. The van der Waals surface area contributed by atoms with Crippen molar-refractivity contribution in [3.8, 4) is 0 Å². The summed E-state index contributed by atoms with van der Waals surface area (Å²) in [5.74, 6) is 0.533. The van der Waals surface area contributed by atoms with Crippen LogP contribution in [-0.2, 0) is 28.3 Å². The minimum absolute atomic E-state index is 0.114. The first-order valence-corrected chi connectivity index (χ1v) is 13.5. The minimum atomic E-state index is -0.647. The summed E-state index contributed by atoms with van der Waals surface area (Å²) in [7, 11) is 0. The molecule has 0 bridgehead atoms. The van der Waals surface area contributed by atoms with Crippen molar-refractivity contribution in [3.63, 3.8) is 0 Å². The number of benzene rings is 3. The molecule has 8 heteroatoms. The Morgan fingerprint density at radius 2 is 1.57 bits per heavy atom. The lowest BCUT2D eigenvalue weighted by atomic mass is 10.0. The van der Waals surface area contributed by atoms with Gasteiger partial charge in [-0.2, -0.15) is 0 Å². The predicted molar refractivity (Wildman–Crippen MR) is 147 cm³/mol. The zero-order valence-corrected chi connectivity index (χ0v) is 22.4. The number of amides is 2. The van der Waals surface area contributed by atoms with Gasteiger partial charge in [-0.1, -0.05) is 83.3 Å². The van der Waals surface area contributed by atoms with Crippen molar-refractivity contribution in [2.75, 3.05) is 12.3 Å². The molecule has 0 aliphatic heterocycles. The molecule has 0 saturated carbocycles. The number of thioether (sulfide) groups is 1. The summed E-state index contributed by atoms with van der Waals surface area (Å²) in [6.45, 7) is 2.66. The van der Waals surface area contributed by atoms with E-state index in [1.54, 1.807) is 29.2 Å². The summed E-state index contributed by atoms with van der Waals surface area (Å²) in [6, 6.07) is 21.9. The van der Waals surface area contributed by atoms with E-state index in [1.165, 1.54) is 11.8 Å². The molecule has 0 aliphatic rings. The fraction of sp³-hybridized carbons (Fsp3) is 0.259. The molecule has 3 aromatic carbocycles. The second-order valence-corrected chi connectivity index (χ2v) is 10.2. The molecular weight excluding hydrogens is 523 g/mol. The number of carbonyl (C=O) groups is 2. The highest BCUT2D eigenvalue weighted by atomic mass is 35.5. The van der Waals surface area contributed by atoms with Gasteiger partial charge in [0.05, 0.1) is 15.8 Å². The molecule has 3 rings (SSSR count). The number of nitrogens with one attached hydrogen (secondary N) is 1. The first-order chi connectivity index (χ1) is 16.9. The Balaban J connectivity index is 1.81. The Hall–Kier alpha value is -2.18. The van der Waals surface area contributed by atoms with Crippen molar-refractivity contribution < 1.29 is 9.59 Å². The van der Waals surface area contributed by atoms with Gasteiger partial charge >= 0.3 is 0 Å². The molecule has 0 saturated heterocycles. The standard InChI is InChI=1S/C27H27Cl3N2O2S/c1-2-31-27(34)25(15-19-6-4-3-5-7-19)32(16-20-8-11-22(28)12-9-20)26(33)18-35-17-21-10-13-23(29)24(30)14-21/h3-14,25H,2,15-18H2,1H3,(H,31,34)/t25-/m1/s1. The van der Waals surface area contributed by atoms with Crippen LogP contribution in [0.15, 0.2) is 72.8 Å². The van der Waals surface area contributed by atoms with Gasteiger partial charge in [-0.25, -0.2) is 0 Å². The van der Waals surface area contributed by atoms with Gasteiger partial charge in [0.25, 0.3) is 0 Å². The molecule has 1 atom stereocenters. The Morgan fingerprint density at radius 1 is 0.886 bits per heavy atom. The van der Waals surface area contributed by atoms with E-state index in [4.69, 9.17) is 34.8 Å². The fourth-order valence-corrected chi connectivity index (χ4v) is 4.91. The Kier molecular flexibility index (Phi) is 10.8. The first-order valence-electron chi connectivity index (χ1n) is 11.2. The van der Waals surface area contributed by atoms with Crippen LogP contribution >= 0.6 is 46.6 Å². The Labute approximate surface area is 225 Å². The largest absolute Gasteiger partial charge is 0.355 e. The molecule has 35 heavy (non-hydrogen) atoms. The lowest BCUT2D eigenvalue weighted by Crippen LogP contribution is -2.51. The van der Waals surface area contributed by atoms with E-state index >= 15 is 0 Å². The summed E-state index contributed by atoms with van der Waals surface area (Å²) >= 11 is 19.7. The number of likely N-dealkylation sites (N-methyl/N-ethyl adjacent to an activating group) is 1. The molecule has 0 fully saturated rings. The molecule has 0 aliphatic carbocycles. The summed E-state index contributed by atoms with van der Waals surface area (Å²) in [5.41, 5.74) is 2.87. The Morgan fingerprint density at radius 3 is 2.23 bits per heavy atom. The molecule has 0 heterocycles. The highest BCUT2D eigenvalue weighted by Crippen LogP contribution is 2.25. The normalized spacial score (nSPS) is 11.7. The van der Waals surface area contributed by atoms with E-state index in [2.05, 4.69) is 5.32 Å². The van der Waals surface area contributed by atoms with Crippen LogP contribution in [-0.4, -0.2) is 35.1 Å². The van der Waals surface area contributed by atoms with Crippen LogP contribution in [0.4, 0.5) is 0 Å². The van der Waals surface area contributed by atoms with Crippen LogP contribution in [0.3, 0.4) is 0 Å². The van der Waals surface area contributed by atoms with Gasteiger partial charge in [0.15, 0.2) is 0 Å². The number of carbonyl (C=O) groups excluding carboxylic acids is 2. The maximum atomic E-state index is 13.5. The van der Waals surface area contributed by atoms with E-state index in [0.717, 1.165) is 16.7 Å². The van der Waals surface area contributed by atoms with Crippen molar-refractivity contribution in [3.05, 3.63) is 105 Å². The lowest BCUT2D eigenvalue weighted by molar-refractivity contribution is -0.139. The third kappa shape index (κ3) is 8.46. The zero-order valence-electron chi connectivity index (χ0n) is 19.3. The maximum absolute atomic E-state index is 13.5. The molecule has 4 nitrogen and oxygen atoms in total. The average Bonchev–Trinajstić information content (AvgIpc) is 2.85. The highest BCUT2D eigenvalue weighted by molar-refractivity contribution is 7.99. The van der Waals surface area contributed by atoms with Gasteiger partial charge in [-0.15, -0.1) is 11.8 Å². The van der Waals surface area contributed by atoms with E-state index < -0.39 is 6.04 Å². The molecule has 184 valence electrons. The Bertz CT molecular complexity index is 1130. The molecule has 3 aromatic rings. The number of hydrogen-bond donors (Lipinski definition) is 1. The molecule has 2 amide bonds. The fourth-order valence-electron chi connectivity index (χ4n) is 3.60. The van der Waals surface area contributed by atoms with Crippen molar-refractivity contribution in [2.24, 2.45) is 0 Å². The van der Waals surface area contributed by atoms with Gasteiger partial charge in [-0.3, -0.25) is 9.59 Å². The van der Waals surface area contributed by atoms with E-state index in [-0.39, 0.29) is 17.6 Å². The molecule has 0 unspecified atom stereocenters. The second kappa shape index (κ2) is 13.8. The van der Waals surface area contributed by atoms with Gasteiger partial charge in [0.2, 0.25) is 11.8 Å². The number of nitrogens with zero attached hydrogens (tertiary/aromatic N) is 1. The number of hydrogen-bond acceptors (Lipinski definition) is 3. The molecule has 1 N–H and O–H groups in total. The van der Waals surface area contributed by atoms with Gasteiger partial charge < -0.3 is 10.2 Å². The van der Waals surface area contributed by atoms with E-state index in [0.29, 0.717) is 40.3 Å². The minimum Gasteiger partial charge on any atom is -0.355 e. The number of rotatable bonds is 11. The average molecular weight is 550 g/mol. The maximum Gasteiger partial charge on any atom is 0.243 e. The van der Waals surface area contributed by atoms with Crippen LogP contribution in [0.25, 0.3) is 0 Å². The quantitative estimate of drug-likeness (QED) is 0.291. The SMILES string of the molecule is CCNC(=O)[C@@H](Cc1ccccc1)N(Cc1ccc(Cl)cc1)C(=O)CSCc1ccc(Cl)c(Cl)c1. The topological polar surface area (TPSA) is 49.4 Å². The third-order valence-electron chi connectivity index (χ3n) is 5.37. The summed E-state index contributed by atoms with van der Waals surface area (Å²) < 4.78 is 0. The zero-order chi connectivity index (χ0) is 25.2. The summed E-state index contributed by atoms with van der Waals surface area (Å²) in [6.07, 6.45) is 0.420. The van der Waals surface area contributed by atoms with E-state index in [9.17, 15) is 9.59 Å². The molecule has 0 aromatic heterocycles. The third-order valence-corrected chi connectivity index (χ3v) is 7.35. The van der Waals surface area contributed by atoms with Crippen LogP contribution in [0.5, 0.6) is 0 Å². The van der Waals surface area contributed by atoms with Crippen molar-refractivity contribution >= 4 is 58.4 Å². The van der Waals surface area contributed by atoms with Gasteiger partial charge in [-0.05, 0) is 47.9 Å². The predicted octanol–water partition coefficient (Wildman–Crippen LogP) is 6.66. The second-order valence-electron chi connectivity index (χ2n) is 7.99. The van der Waals surface area contributed by atoms with Crippen molar-refractivity contribution in [1.82, 2.24) is 10.2 Å². The first kappa shape index (κ1) is 27.4. The summed E-state index contributed by atoms with van der Waals surface area (Å²) in [5, 5.41) is 4.50. The molecule has 0 spiro atoms. The van der Waals surface area contributed by atoms with Crippen LogP contribution in [0.2, 0.25) is 15.1 Å². The number of halogens is 3. The molecule has 0 radical (unpaired) electrons. The van der Waals surface area contributed by atoms with Crippen molar-refractivity contribution in [2.45, 2.75) is 31.7 Å². The highest BCUT2D eigenvalue weighted by Gasteiger charge is 2.30.